The number of aromatic amines is 1. The van der Waals surface area contributed by atoms with Crippen LogP contribution in [-0.4, -0.2) is 45.2 Å². The highest BCUT2D eigenvalue weighted by molar-refractivity contribution is 7.99. The summed E-state index contributed by atoms with van der Waals surface area (Å²) in [6.45, 7) is 3.35. The lowest BCUT2D eigenvalue weighted by Gasteiger charge is -2.17. The molecule has 0 saturated heterocycles. The molecule has 2 heterocycles. The van der Waals surface area contributed by atoms with Crippen LogP contribution in [0.4, 0.5) is 0 Å². The van der Waals surface area contributed by atoms with Crippen LogP contribution in [0.25, 0.3) is 11.6 Å². The molecule has 0 radical (unpaired) electrons. The zero-order valence-electron chi connectivity index (χ0n) is 14.1. The van der Waals surface area contributed by atoms with Crippen molar-refractivity contribution < 1.29 is 4.42 Å². The molecular formula is C16H24N6OS. The molecule has 1 aliphatic rings. The van der Waals surface area contributed by atoms with E-state index in [9.17, 15) is 0 Å². The molecular weight excluding hydrogens is 324 g/mol. The molecule has 2 atom stereocenters. The molecule has 2 unspecified atom stereocenters. The molecule has 24 heavy (non-hydrogen) atoms. The molecule has 0 bridgehead atoms. The Morgan fingerprint density at radius 3 is 3.12 bits per heavy atom. The van der Waals surface area contributed by atoms with Crippen LogP contribution in [0.1, 0.15) is 32.0 Å². The van der Waals surface area contributed by atoms with Crippen LogP contribution in [0.3, 0.4) is 0 Å². The van der Waals surface area contributed by atoms with Gasteiger partial charge in [0.25, 0.3) is 0 Å². The third kappa shape index (κ3) is 4.31. The molecule has 3 rings (SSSR count). The van der Waals surface area contributed by atoms with Crippen molar-refractivity contribution >= 4 is 17.7 Å². The van der Waals surface area contributed by atoms with Crippen molar-refractivity contribution in [3.05, 3.63) is 24.2 Å². The van der Waals surface area contributed by atoms with Crippen molar-refractivity contribution in [2.24, 2.45) is 4.99 Å². The molecule has 7 nitrogen and oxygen atoms in total. The molecule has 0 amide bonds. The van der Waals surface area contributed by atoms with Crippen molar-refractivity contribution in [2.75, 3.05) is 12.8 Å². The van der Waals surface area contributed by atoms with Crippen molar-refractivity contribution in [3.63, 3.8) is 0 Å². The van der Waals surface area contributed by atoms with Crippen LogP contribution in [0.2, 0.25) is 0 Å². The van der Waals surface area contributed by atoms with Gasteiger partial charge in [0, 0.05) is 17.8 Å². The number of nitrogens with zero attached hydrogens (tertiary/aromatic N) is 3. The lowest BCUT2D eigenvalue weighted by Crippen LogP contribution is -2.42. The van der Waals surface area contributed by atoms with Crippen LogP contribution in [-0.2, 0) is 6.54 Å². The van der Waals surface area contributed by atoms with Gasteiger partial charge < -0.3 is 15.1 Å². The van der Waals surface area contributed by atoms with Gasteiger partial charge in [-0.05, 0) is 44.6 Å². The number of furan rings is 1. The van der Waals surface area contributed by atoms with Crippen molar-refractivity contribution in [2.45, 2.75) is 44.0 Å². The Hall–Kier alpha value is -1.96. The maximum absolute atomic E-state index is 5.30. The topological polar surface area (TPSA) is 91.1 Å². The van der Waals surface area contributed by atoms with Gasteiger partial charge >= 0.3 is 0 Å². The summed E-state index contributed by atoms with van der Waals surface area (Å²) >= 11 is 1.96. The number of H-pyrrole nitrogens is 1. The van der Waals surface area contributed by atoms with E-state index >= 15 is 0 Å². The fraction of sp³-hybridized carbons (Fsp3) is 0.562. The molecule has 130 valence electrons. The Morgan fingerprint density at radius 2 is 2.42 bits per heavy atom. The van der Waals surface area contributed by atoms with Gasteiger partial charge in [-0.1, -0.05) is 0 Å². The second kappa shape index (κ2) is 8.23. The lowest BCUT2D eigenvalue weighted by atomic mass is 10.2. The average molecular weight is 348 g/mol. The Bertz CT molecular complexity index is 653. The van der Waals surface area contributed by atoms with Crippen molar-refractivity contribution in [1.29, 1.82) is 0 Å². The van der Waals surface area contributed by atoms with E-state index in [4.69, 9.17) is 4.42 Å². The first-order valence-corrected chi connectivity index (χ1v) is 9.60. The maximum atomic E-state index is 5.30. The summed E-state index contributed by atoms with van der Waals surface area (Å²) in [7, 11) is 0. The molecule has 3 N–H and O–H groups in total. The summed E-state index contributed by atoms with van der Waals surface area (Å²) < 4.78 is 5.30. The van der Waals surface area contributed by atoms with Crippen LogP contribution in [0.15, 0.2) is 27.8 Å². The smallest absolute Gasteiger partial charge is 0.216 e. The fourth-order valence-electron chi connectivity index (χ4n) is 2.83. The predicted molar refractivity (Wildman–Crippen MR) is 97.0 cm³/mol. The van der Waals surface area contributed by atoms with E-state index in [-0.39, 0.29) is 0 Å². The number of thioether (sulfide) groups is 1. The quantitative estimate of drug-likeness (QED) is 0.548. The summed E-state index contributed by atoms with van der Waals surface area (Å²) in [4.78, 5) is 9.03. The van der Waals surface area contributed by atoms with Gasteiger partial charge in [0.1, 0.15) is 12.4 Å². The number of aliphatic imine (C=N–C) groups is 1. The monoisotopic (exact) mass is 348 g/mol. The number of rotatable bonds is 6. The Kier molecular flexibility index (Phi) is 5.79. The summed E-state index contributed by atoms with van der Waals surface area (Å²) in [6, 6.07) is 4.15. The number of guanidine groups is 1. The Balaban J connectivity index is 1.59. The van der Waals surface area contributed by atoms with Gasteiger partial charge in [-0.3, -0.25) is 5.10 Å². The van der Waals surface area contributed by atoms with Crippen LogP contribution < -0.4 is 10.6 Å². The van der Waals surface area contributed by atoms with E-state index in [1.165, 1.54) is 19.3 Å². The van der Waals surface area contributed by atoms with E-state index in [0.717, 1.165) is 17.8 Å². The summed E-state index contributed by atoms with van der Waals surface area (Å²) in [5.74, 6) is 2.76. The molecule has 2 aromatic rings. The number of aromatic nitrogens is 3. The first kappa shape index (κ1) is 16.9. The largest absolute Gasteiger partial charge is 0.461 e. The second-order valence-corrected chi connectivity index (χ2v) is 6.93. The second-order valence-electron chi connectivity index (χ2n) is 5.79. The SMILES string of the molecule is CCNC(=NCc1nc(-c2ccco2)n[nH]1)NC1CCC(SC)C1. The van der Waals surface area contributed by atoms with Crippen LogP contribution >= 0.6 is 11.8 Å². The Labute approximate surface area is 146 Å². The first-order valence-electron chi connectivity index (χ1n) is 8.31. The van der Waals surface area contributed by atoms with Gasteiger partial charge in [0.05, 0.1) is 6.26 Å². The Morgan fingerprint density at radius 1 is 1.50 bits per heavy atom. The van der Waals surface area contributed by atoms with Crippen molar-refractivity contribution in [3.8, 4) is 11.6 Å². The summed E-state index contributed by atoms with van der Waals surface area (Å²) in [5.41, 5.74) is 0. The fourth-order valence-corrected chi connectivity index (χ4v) is 3.63. The van der Waals surface area contributed by atoms with Gasteiger partial charge in [-0.25, -0.2) is 9.98 Å². The van der Waals surface area contributed by atoms with Crippen molar-refractivity contribution in [1.82, 2.24) is 25.8 Å². The van der Waals surface area contributed by atoms with Gasteiger partial charge in [-0.15, -0.1) is 5.10 Å². The molecule has 1 aliphatic carbocycles. The third-order valence-electron chi connectivity index (χ3n) is 4.06. The highest BCUT2D eigenvalue weighted by atomic mass is 32.2. The van der Waals surface area contributed by atoms with E-state index < -0.39 is 0 Å². The normalized spacial score (nSPS) is 21.2. The highest BCUT2D eigenvalue weighted by Crippen LogP contribution is 2.28. The zero-order valence-corrected chi connectivity index (χ0v) is 14.9. The molecule has 0 spiro atoms. The van der Waals surface area contributed by atoms with Crippen LogP contribution in [0.5, 0.6) is 0 Å². The molecule has 2 aromatic heterocycles. The molecule has 0 aromatic carbocycles. The summed E-state index contributed by atoms with van der Waals surface area (Å²) in [5, 5.41) is 14.7. The zero-order chi connectivity index (χ0) is 16.8. The summed E-state index contributed by atoms with van der Waals surface area (Å²) in [6.07, 6.45) is 7.46. The lowest BCUT2D eigenvalue weighted by molar-refractivity contribution is 0.577. The minimum Gasteiger partial charge on any atom is -0.461 e. The van der Waals surface area contributed by atoms with Crippen LogP contribution in [0, 0.1) is 0 Å². The molecule has 1 saturated carbocycles. The van der Waals surface area contributed by atoms with Gasteiger partial charge in [0.2, 0.25) is 5.82 Å². The third-order valence-corrected chi connectivity index (χ3v) is 5.16. The average Bonchev–Trinajstić information content (AvgIpc) is 3.33. The minimum atomic E-state index is 0.446. The number of hydrogen-bond acceptors (Lipinski definition) is 5. The minimum absolute atomic E-state index is 0.446. The first-order chi connectivity index (χ1) is 11.8. The maximum Gasteiger partial charge on any atom is 0.216 e. The molecule has 1 fully saturated rings. The predicted octanol–water partition coefficient (Wildman–Crippen LogP) is 2.40. The van der Waals surface area contributed by atoms with E-state index in [1.807, 2.05) is 23.9 Å². The standard InChI is InChI=1S/C16H24N6OS/c1-3-17-16(19-11-6-7-12(9-11)24-2)18-10-14-20-15(22-21-14)13-5-4-8-23-13/h4-5,8,11-12H,3,6-7,9-10H2,1-2H3,(H2,17,18,19)(H,20,21,22). The van der Waals surface area contributed by atoms with E-state index in [0.29, 0.717) is 30.0 Å². The number of nitrogens with one attached hydrogen (secondary N) is 3. The van der Waals surface area contributed by atoms with Gasteiger partial charge in [0.15, 0.2) is 11.7 Å². The van der Waals surface area contributed by atoms with Gasteiger partial charge in [-0.2, -0.15) is 11.8 Å². The highest BCUT2D eigenvalue weighted by Gasteiger charge is 2.24. The number of hydrogen-bond donors (Lipinski definition) is 3. The van der Waals surface area contributed by atoms with E-state index in [2.05, 4.69) is 44.0 Å². The van der Waals surface area contributed by atoms with E-state index in [1.54, 1.807) is 6.26 Å². The molecule has 0 aliphatic heterocycles. The molecule has 8 heteroatoms.